The second-order valence-corrected chi connectivity index (χ2v) is 9.48. The van der Waals surface area contributed by atoms with Crippen LogP contribution in [0.1, 0.15) is 63.9 Å². The van der Waals surface area contributed by atoms with E-state index in [1.54, 1.807) is 38.1 Å². The minimum absolute atomic E-state index is 0.285. The first-order chi connectivity index (χ1) is 14.3. The molecule has 1 aromatic carbocycles. The van der Waals surface area contributed by atoms with Gasteiger partial charge in [-0.2, -0.15) is 5.26 Å². The fraction of sp³-hybridized carbons (Fsp3) is 0.391. The number of carbonyl (C=O) groups is 3. The zero-order valence-electron chi connectivity index (χ0n) is 17.2. The first-order valence-corrected chi connectivity index (χ1v) is 11.0. The molecule has 1 aliphatic carbocycles. The third-order valence-electron chi connectivity index (χ3n) is 5.86. The molecule has 4 rings (SSSR count). The van der Waals surface area contributed by atoms with E-state index in [0.29, 0.717) is 27.6 Å². The van der Waals surface area contributed by atoms with Crippen LogP contribution >= 0.6 is 11.3 Å². The van der Waals surface area contributed by atoms with Crippen LogP contribution in [0, 0.1) is 23.2 Å². The van der Waals surface area contributed by atoms with Gasteiger partial charge in [-0.25, -0.2) is 0 Å². The highest BCUT2D eigenvalue weighted by atomic mass is 32.1. The molecule has 2 aromatic rings. The van der Waals surface area contributed by atoms with Gasteiger partial charge in [0.05, 0.1) is 16.7 Å². The van der Waals surface area contributed by atoms with Gasteiger partial charge in [-0.3, -0.25) is 19.3 Å². The Hall–Kier alpha value is -2.98. The number of nitrogens with one attached hydrogen (secondary N) is 1. The number of anilines is 1. The highest BCUT2D eigenvalue weighted by Gasteiger charge is 2.44. The van der Waals surface area contributed by atoms with E-state index in [-0.39, 0.29) is 5.92 Å². The summed E-state index contributed by atoms with van der Waals surface area (Å²) in [4.78, 5) is 41.3. The third kappa shape index (κ3) is 3.21. The summed E-state index contributed by atoms with van der Waals surface area (Å²) in [6.45, 7) is 5.80. The molecule has 0 saturated carbocycles. The number of carbonyl (C=O) groups excluding carboxylic acids is 3. The number of amides is 3. The lowest BCUT2D eigenvalue weighted by Crippen LogP contribution is -2.50. The number of benzene rings is 1. The Labute approximate surface area is 179 Å². The van der Waals surface area contributed by atoms with Gasteiger partial charge in [0.2, 0.25) is 5.91 Å². The van der Waals surface area contributed by atoms with E-state index in [9.17, 15) is 19.6 Å². The van der Waals surface area contributed by atoms with Crippen LogP contribution in [-0.4, -0.2) is 28.7 Å². The molecule has 6 nitrogen and oxygen atoms in total. The molecule has 2 aliphatic rings. The van der Waals surface area contributed by atoms with E-state index in [2.05, 4.69) is 18.3 Å². The van der Waals surface area contributed by atoms with Crippen molar-refractivity contribution in [3.05, 3.63) is 51.4 Å². The van der Waals surface area contributed by atoms with Crippen molar-refractivity contribution in [1.29, 1.82) is 5.26 Å². The van der Waals surface area contributed by atoms with Gasteiger partial charge in [-0.05, 0) is 48.8 Å². The Morgan fingerprint density at radius 1 is 1.23 bits per heavy atom. The lowest BCUT2D eigenvalue weighted by atomic mass is 9.88. The summed E-state index contributed by atoms with van der Waals surface area (Å²) >= 11 is 1.44. The lowest BCUT2D eigenvalue weighted by molar-refractivity contribution is -0.121. The molecule has 2 atom stereocenters. The van der Waals surface area contributed by atoms with E-state index in [0.717, 1.165) is 34.6 Å². The maximum absolute atomic E-state index is 13.3. The standard InChI is InChI=1S/C23H23N3O3S/c1-12(2)19(26-22(28)15-6-4-5-7-16(15)23(26)29)20(27)25-21-17(11-24)14-9-8-13(3)10-18(14)30-21/h4-7,12-13,19H,8-10H2,1-3H3,(H,25,27)/t13-,19+/m1/s1. The normalized spacial score (nSPS) is 18.8. The summed E-state index contributed by atoms with van der Waals surface area (Å²) < 4.78 is 0. The number of imide groups is 1. The Kier molecular flexibility index (Phi) is 5.20. The summed E-state index contributed by atoms with van der Waals surface area (Å²) in [5.41, 5.74) is 2.18. The SMILES string of the molecule is CC(C)[C@@H](C(=O)Nc1sc2c(c1C#N)CC[C@@H](C)C2)N1C(=O)c2ccccc2C1=O. The van der Waals surface area contributed by atoms with Crippen LogP contribution < -0.4 is 5.32 Å². The molecule has 1 aromatic heterocycles. The molecule has 0 saturated heterocycles. The van der Waals surface area contributed by atoms with Gasteiger partial charge in [0.1, 0.15) is 17.1 Å². The molecular formula is C23H23N3O3S. The van der Waals surface area contributed by atoms with Crippen molar-refractivity contribution in [2.45, 2.75) is 46.1 Å². The van der Waals surface area contributed by atoms with Gasteiger partial charge in [-0.1, -0.05) is 32.9 Å². The fourth-order valence-electron chi connectivity index (χ4n) is 4.32. The third-order valence-corrected chi connectivity index (χ3v) is 7.03. The first kappa shape index (κ1) is 20.3. The van der Waals surface area contributed by atoms with Crippen LogP contribution in [0.25, 0.3) is 0 Å². The van der Waals surface area contributed by atoms with E-state index < -0.39 is 23.8 Å². The van der Waals surface area contributed by atoms with E-state index in [1.165, 1.54) is 11.3 Å². The predicted octanol–water partition coefficient (Wildman–Crippen LogP) is 4.00. The second kappa shape index (κ2) is 7.69. The van der Waals surface area contributed by atoms with Gasteiger partial charge >= 0.3 is 0 Å². The van der Waals surface area contributed by atoms with Crippen LogP contribution in [-0.2, 0) is 17.6 Å². The van der Waals surface area contributed by atoms with Crippen molar-refractivity contribution >= 4 is 34.1 Å². The quantitative estimate of drug-likeness (QED) is 0.756. The number of hydrogen-bond acceptors (Lipinski definition) is 5. The van der Waals surface area contributed by atoms with Crippen molar-refractivity contribution in [1.82, 2.24) is 4.90 Å². The van der Waals surface area contributed by atoms with Crippen LogP contribution in [0.4, 0.5) is 5.00 Å². The van der Waals surface area contributed by atoms with Crippen LogP contribution in [0.5, 0.6) is 0 Å². The molecule has 30 heavy (non-hydrogen) atoms. The molecule has 0 spiro atoms. The second-order valence-electron chi connectivity index (χ2n) is 8.37. The van der Waals surface area contributed by atoms with E-state index >= 15 is 0 Å². The molecule has 1 N–H and O–H groups in total. The minimum atomic E-state index is -0.956. The Bertz CT molecular complexity index is 1060. The summed E-state index contributed by atoms with van der Waals surface area (Å²) in [5.74, 6) is -1.09. The van der Waals surface area contributed by atoms with Crippen molar-refractivity contribution in [2.75, 3.05) is 5.32 Å². The fourth-order valence-corrected chi connectivity index (χ4v) is 5.69. The highest BCUT2D eigenvalue weighted by Crippen LogP contribution is 2.39. The number of hydrogen-bond donors (Lipinski definition) is 1. The molecular weight excluding hydrogens is 398 g/mol. The molecule has 1 aliphatic heterocycles. The van der Waals surface area contributed by atoms with Crippen molar-refractivity contribution < 1.29 is 14.4 Å². The van der Waals surface area contributed by atoms with E-state index in [1.807, 2.05) is 0 Å². The highest BCUT2D eigenvalue weighted by molar-refractivity contribution is 7.16. The monoisotopic (exact) mass is 421 g/mol. The van der Waals surface area contributed by atoms with Crippen LogP contribution in [0.2, 0.25) is 0 Å². The van der Waals surface area contributed by atoms with Gasteiger partial charge in [0.15, 0.2) is 0 Å². The molecule has 2 heterocycles. The Morgan fingerprint density at radius 3 is 2.43 bits per heavy atom. The van der Waals surface area contributed by atoms with Crippen molar-refractivity contribution in [2.24, 2.45) is 11.8 Å². The maximum atomic E-state index is 13.3. The molecule has 0 unspecified atom stereocenters. The molecule has 0 fully saturated rings. The molecule has 3 amide bonds. The van der Waals surface area contributed by atoms with Gasteiger partial charge < -0.3 is 5.32 Å². The van der Waals surface area contributed by atoms with Gasteiger partial charge in [0, 0.05) is 4.88 Å². The number of fused-ring (bicyclic) bond motifs is 2. The van der Waals surface area contributed by atoms with E-state index in [4.69, 9.17) is 0 Å². The Balaban J connectivity index is 1.65. The average molecular weight is 422 g/mol. The zero-order chi connectivity index (χ0) is 21.6. The van der Waals surface area contributed by atoms with Crippen LogP contribution in [0.3, 0.4) is 0 Å². The largest absolute Gasteiger partial charge is 0.315 e. The molecule has 0 bridgehead atoms. The summed E-state index contributed by atoms with van der Waals surface area (Å²) in [6.07, 6.45) is 2.75. The first-order valence-electron chi connectivity index (χ1n) is 10.2. The molecule has 7 heteroatoms. The zero-order valence-corrected chi connectivity index (χ0v) is 18.0. The summed E-state index contributed by atoms with van der Waals surface area (Å²) in [7, 11) is 0. The number of nitriles is 1. The minimum Gasteiger partial charge on any atom is -0.315 e. The summed E-state index contributed by atoms with van der Waals surface area (Å²) in [5, 5.41) is 13.1. The molecule has 0 radical (unpaired) electrons. The van der Waals surface area contributed by atoms with Crippen molar-refractivity contribution in [3.63, 3.8) is 0 Å². The number of nitrogens with zero attached hydrogens (tertiary/aromatic N) is 2. The average Bonchev–Trinajstić information content (AvgIpc) is 3.17. The topological polar surface area (TPSA) is 90.3 Å². The number of rotatable bonds is 4. The van der Waals surface area contributed by atoms with Crippen LogP contribution in [0.15, 0.2) is 24.3 Å². The Morgan fingerprint density at radius 2 is 1.87 bits per heavy atom. The number of thiophene rings is 1. The smallest absolute Gasteiger partial charge is 0.262 e. The van der Waals surface area contributed by atoms with Crippen molar-refractivity contribution in [3.8, 4) is 6.07 Å². The maximum Gasteiger partial charge on any atom is 0.262 e. The van der Waals surface area contributed by atoms with Gasteiger partial charge in [0.25, 0.3) is 11.8 Å². The predicted molar refractivity (Wildman–Crippen MR) is 114 cm³/mol. The lowest BCUT2D eigenvalue weighted by Gasteiger charge is -2.28. The molecule has 154 valence electrons. The van der Waals surface area contributed by atoms with Gasteiger partial charge in [-0.15, -0.1) is 11.3 Å². The summed E-state index contributed by atoms with van der Waals surface area (Å²) in [6, 6.07) is 7.90.